The van der Waals surface area contributed by atoms with Crippen molar-refractivity contribution < 1.29 is 12.9 Å². The number of benzene rings is 1. The topological polar surface area (TPSA) is 3.24 Å². The lowest BCUT2D eigenvalue weighted by atomic mass is 9.86. The van der Waals surface area contributed by atoms with Crippen LogP contribution in [0.5, 0.6) is 0 Å². The van der Waals surface area contributed by atoms with E-state index in [0.717, 1.165) is 17.7 Å². The Morgan fingerprint density at radius 2 is 2.00 bits per heavy atom. The maximum Gasteiger partial charge on any atom is 0.497 e. The van der Waals surface area contributed by atoms with Gasteiger partial charge in [-0.3, -0.25) is 0 Å². The van der Waals surface area contributed by atoms with Crippen molar-refractivity contribution >= 4 is 12.7 Å². The average molecular weight is 228 g/mol. The van der Waals surface area contributed by atoms with E-state index >= 15 is 0 Å². The highest BCUT2D eigenvalue weighted by atomic mass is 19.4. The van der Waals surface area contributed by atoms with Crippen LogP contribution in [-0.4, -0.2) is 20.0 Å². The Balaban J connectivity index is 2.27. The zero-order chi connectivity index (χ0) is 11.8. The fraction of sp³-hybridized carbons (Fsp3) is 0.455. The lowest BCUT2D eigenvalue weighted by Crippen LogP contribution is -2.43. The van der Waals surface area contributed by atoms with Gasteiger partial charge in [0.05, 0.1) is 0 Å². The van der Waals surface area contributed by atoms with Gasteiger partial charge in [0.25, 0.3) is 0 Å². The molecule has 0 N–H and O–H groups in total. The highest BCUT2D eigenvalue weighted by Crippen LogP contribution is 2.30. The molecule has 0 radical (unpaired) electrons. The number of fused-ring (bicyclic) bond motifs is 1. The van der Waals surface area contributed by atoms with Gasteiger partial charge in [0.1, 0.15) is 0 Å². The third-order valence-electron chi connectivity index (χ3n) is 2.86. The largest absolute Gasteiger partial charge is 0.497 e. The molecule has 0 aliphatic carbocycles. The summed E-state index contributed by atoms with van der Waals surface area (Å²) in [4.78, 5) is 1.46. The third-order valence-corrected chi connectivity index (χ3v) is 2.86. The maximum absolute atomic E-state index is 12.5. The second-order valence-corrected chi connectivity index (χ2v) is 4.55. The first-order valence-electron chi connectivity index (χ1n) is 5.49. The van der Waals surface area contributed by atoms with E-state index < -0.39 is 13.4 Å². The van der Waals surface area contributed by atoms with Crippen LogP contribution in [-0.2, 0) is 6.42 Å². The minimum Gasteiger partial charge on any atom is -0.448 e. The fourth-order valence-corrected chi connectivity index (χ4v) is 2.33. The second-order valence-electron chi connectivity index (χ2n) is 4.55. The van der Waals surface area contributed by atoms with Crippen LogP contribution in [0.25, 0.3) is 0 Å². The van der Waals surface area contributed by atoms with Crippen molar-refractivity contribution in [2.75, 3.05) is 17.9 Å². The molecule has 0 saturated heterocycles. The number of rotatable bonds is 2. The van der Waals surface area contributed by atoms with Crippen molar-refractivity contribution in [2.45, 2.75) is 13.3 Å². The number of hydrogen-bond donors (Lipinski definition) is 0. The summed E-state index contributed by atoms with van der Waals surface area (Å²) in [7, 11) is 0. The number of halogens is 3. The molecule has 1 aliphatic heterocycles. The summed E-state index contributed by atoms with van der Waals surface area (Å²) in [5, 5.41) is 0. The first-order chi connectivity index (χ1) is 7.46. The Labute approximate surface area is 93.3 Å². The summed E-state index contributed by atoms with van der Waals surface area (Å²) >= 11 is 0. The third kappa shape index (κ3) is 2.51. The lowest BCUT2D eigenvalue weighted by Gasteiger charge is -2.37. The molecule has 1 nitrogen and oxygen atoms in total. The molecule has 1 aromatic rings. The van der Waals surface area contributed by atoms with Crippen molar-refractivity contribution in [3.63, 3.8) is 0 Å². The molecule has 0 spiro atoms. The zero-order valence-corrected chi connectivity index (χ0v) is 9.17. The van der Waals surface area contributed by atoms with E-state index in [1.807, 2.05) is 19.1 Å². The normalized spacial score (nSPS) is 20.8. The predicted molar refractivity (Wildman–Crippen MR) is 60.6 cm³/mol. The van der Waals surface area contributed by atoms with Gasteiger partial charge in [-0.2, -0.15) is 0 Å². The van der Waals surface area contributed by atoms with Crippen LogP contribution in [0.15, 0.2) is 24.3 Å². The first kappa shape index (κ1) is 11.4. The summed E-state index contributed by atoms with van der Waals surface area (Å²) in [6.07, 6.45) is 0.0822. The number of para-hydroxylation sites is 1. The molecule has 0 saturated carbocycles. The Morgan fingerprint density at radius 1 is 1.31 bits per heavy atom. The van der Waals surface area contributed by atoms with E-state index in [1.54, 1.807) is 12.1 Å². The predicted octanol–water partition coefficient (Wildman–Crippen LogP) is 3.07. The van der Waals surface area contributed by atoms with Crippen LogP contribution >= 0.6 is 0 Å². The molecule has 16 heavy (non-hydrogen) atoms. The summed E-state index contributed by atoms with van der Waals surface area (Å²) in [6.45, 7) is -2.27. The molecule has 1 heterocycles. The van der Waals surface area contributed by atoms with Crippen molar-refractivity contribution in [2.24, 2.45) is 5.92 Å². The van der Waals surface area contributed by atoms with Crippen molar-refractivity contribution in [3.8, 4) is 0 Å². The van der Waals surface area contributed by atoms with Gasteiger partial charge in [0.2, 0.25) is 0 Å². The molecular formula is C11H14BF3N-. The molecule has 88 valence electrons. The lowest BCUT2D eigenvalue weighted by molar-refractivity contribution is 0.454. The molecule has 1 aliphatic rings. The molecule has 2 rings (SSSR count). The molecule has 0 amide bonds. The second kappa shape index (κ2) is 4.03. The van der Waals surface area contributed by atoms with Crippen LogP contribution in [0.4, 0.5) is 18.6 Å². The number of hydrogen-bond acceptors (Lipinski definition) is 1. The van der Waals surface area contributed by atoms with E-state index in [0.29, 0.717) is 6.54 Å². The van der Waals surface area contributed by atoms with Gasteiger partial charge in [-0.1, -0.05) is 25.1 Å². The van der Waals surface area contributed by atoms with Gasteiger partial charge < -0.3 is 17.8 Å². The number of anilines is 1. The summed E-state index contributed by atoms with van der Waals surface area (Å²) in [6, 6.07) is 7.38. The molecule has 1 unspecified atom stereocenters. The highest BCUT2D eigenvalue weighted by molar-refractivity contribution is 6.59. The van der Waals surface area contributed by atoms with Gasteiger partial charge in [-0.25, -0.2) is 0 Å². The van der Waals surface area contributed by atoms with Crippen LogP contribution < -0.4 is 4.90 Å². The first-order valence-corrected chi connectivity index (χ1v) is 5.49. The fourth-order valence-electron chi connectivity index (χ4n) is 2.33. The Kier molecular flexibility index (Phi) is 2.87. The smallest absolute Gasteiger partial charge is 0.448 e. The van der Waals surface area contributed by atoms with Crippen molar-refractivity contribution in [1.29, 1.82) is 0 Å². The standard InChI is InChI=1S/C11H14BF3N/c1-9-6-10-4-2-3-5-11(10)16(7-9)8-12(13,14)15/h2-5,9H,6-8H2,1H3/q-1. The minimum absolute atomic E-state index is 0.285. The quantitative estimate of drug-likeness (QED) is 0.703. The van der Waals surface area contributed by atoms with Crippen molar-refractivity contribution in [1.82, 2.24) is 0 Å². The molecular weight excluding hydrogens is 214 g/mol. The summed E-state index contributed by atoms with van der Waals surface area (Å²) in [5.74, 6) is 0.285. The monoisotopic (exact) mass is 228 g/mol. The molecule has 1 atom stereocenters. The van der Waals surface area contributed by atoms with E-state index in [1.165, 1.54) is 4.90 Å². The van der Waals surface area contributed by atoms with Gasteiger partial charge in [0.15, 0.2) is 0 Å². The van der Waals surface area contributed by atoms with E-state index in [2.05, 4.69) is 0 Å². The van der Waals surface area contributed by atoms with E-state index in [4.69, 9.17) is 0 Å². The average Bonchev–Trinajstić information content (AvgIpc) is 2.14. The SMILES string of the molecule is CC1Cc2ccccc2N(C[B-](F)(F)F)C1. The Morgan fingerprint density at radius 3 is 2.69 bits per heavy atom. The van der Waals surface area contributed by atoms with Crippen LogP contribution in [0.2, 0.25) is 0 Å². The number of nitrogens with zero attached hydrogens (tertiary/aromatic N) is 1. The Bertz CT molecular complexity index is 378. The molecule has 0 fully saturated rings. The van der Waals surface area contributed by atoms with E-state index in [9.17, 15) is 12.9 Å². The Hall–Kier alpha value is -1.13. The molecule has 0 bridgehead atoms. The molecule has 1 aromatic carbocycles. The van der Waals surface area contributed by atoms with Gasteiger partial charge in [0, 0.05) is 12.2 Å². The van der Waals surface area contributed by atoms with Gasteiger partial charge in [-0.15, -0.1) is 0 Å². The van der Waals surface area contributed by atoms with E-state index in [-0.39, 0.29) is 5.92 Å². The van der Waals surface area contributed by atoms with Crippen LogP contribution in [0.1, 0.15) is 12.5 Å². The van der Waals surface area contributed by atoms with Crippen molar-refractivity contribution in [3.05, 3.63) is 29.8 Å². The van der Waals surface area contributed by atoms with Gasteiger partial charge in [-0.05, 0) is 30.4 Å². The van der Waals surface area contributed by atoms with Crippen LogP contribution in [0.3, 0.4) is 0 Å². The van der Waals surface area contributed by atoms with Crippen LogP contribution in [0, 0.1) is 5.92 Å². The maximum atomic E-state index is 12.5. The molecule has 0 aromatic heterocycles. The van der Waals surface area contributed by atoms with Gasteiger partial charge >= 0.3 is 6.98 Å². The minimum atomic E-state index is -4.76. The summed E-state index contributed by atoms with van der Waals surface area (Å²) < 4.78 is 37.4. The highest BCUT2D eigenvalue weighted by Gasteiger charge is 2.30. The molecule has 5 heteroatoms. The summed E-state index contributed by atoms with van der Waals surface area (Å²) in [5.41, 5.74) is 1.78. The zero-order valence-electron chi connectivity index (χ0n) is 9.17.